The molecule has 1 saturated heterocycles. The van der Waals surface area contributed by atoms with Crippen LogP contribution in [0.5, 0.6) is 0 Å². The zero-order valence-corrected chi connectivity index (χ0v) is 19.9. The fourth-order valence-corrected chi connectivity index (χ4v) is 3.75. The lowest BCUT2D eigenvalue weighted by molar-refractivity contribution is 0.0412. The molecule has 0 spiro atoms. The van der Waals surface area contributed by atoms with Gasteiger partial charge in [-0.3, -0.25) is 4.79 Å². The number of methoxy groups -OCH3 is 1. The van der Waals surface area contributed by atoms with Crippen LogP contribution in [0.1, 0.15) is 36.0 Å². The number of fused-ring (bicyclic) bond motifs is 2. The zero-order valence-electron chi connectivity index (χ0n) is 19.9. The summed E-state index contributed by atoms with van der Waals surface area (Å²) in [6, 6.07) is 5.69. The van der Waals surface area contributed by atoms with Crippen molar-refractivity contribution < 1.29 is 19.4 Å². The summed E-state index contributed by atoms with van der Waals surface area (Å²) in [5, 5.41) is 16.8. The van der Waals surface area contributed by atoms with Gasteiger partial charge in [0.15, 0.2) is 5.65 Å². The number of carbonyl (C=O) groups is 1. The van der Waals surface area contributed by atoms with Crippen molar-refractivity contribution in [1.82, 2.24) is 24.6 Å². The number of carbonyl (C=O) groups excluding carboxylic acids is 1. The van der Waals surface area contributed by atoms with E-state index in [1.807, 2.05) is 24.4 Å². The second-order valence-corrected chi connectivity index (χ2v) is 8.34. The Kier molecular flexibility index (Phi) is 7.91. The fourth-order valence-electron chi connectivity index (χ4n) is 3.75. The van der Waals surface area contributed by atoms with Crippen molar-refractivity contribution in [2.24, 2.45) is 5.73 Å². The molecule has 4 aromatic heterocycles. The van der Waals surface area contributed by atoms with Gasteiger partial charge in [0.05, 0.1) is 30.7 Å². The molecule has 11 heteroatoms. The van der Waals surface area contributed by atoms with Gasteiger partial charge in [0.1, 0.15) is 17.0 Å². The quantitative estimate of drug-likeness (QED) is 0.347. The van der Waals surface area contributed by atoms with Crippen molar-refractivity contribution >= 4 is 28.4 Å². The second kappa shape index (κ2) is 11.3. The van der Waals surface area contributed by atoms with E-state index in [1.165, 1.54) is 25.5 Å². The van der Waals surface area contributed by atoms with Crippen molar-refractivity contribution in [2.45, 2.75) is 37.9 Å². The Morgan fingerprint density at radius 3 is 2.74 bits per heavy atom. The van der Waals surface area contributed by atoms with E-state index in [2.05, 4.69) is 25.4 Å². The van der Waals surface area contributed by atoms with E-state index in [9.17, 15) is 4.79 Å². The molecular formula is C24H31N7O4. The molecule has 4 aromatic rings. The van der Waals surface area contributed by atoms with Crippen molar-refractivity contribution in [3.05, 3.63) is 42.4 Å². The topological polar surface area (TPSA) is 153 Å². The molecule has 0 bridgehead atoms. The van der Waals surface area contributed by atoms with E-state index >= 15 is 0 Å². The molecule has 1 amide bonds. The van der Waals surface area contributed by atoms with E-state index < -0.39 is 5.91 Å². The molecule has 0 radical (unpaired) electrons. The number of hydrogen-bond acceptors (Lipinski definition) is 8. The predicted octanol–water partition coefficient (Wildman–Crippen LogP) is 2.37. The first-order valence-electron chi connectivity index (χ1n) is 11.6. The van der Waals surface area contributed by atoms with Crippen LogP contribution in [0.3, 0.4) is 0 Å². The molecule has 2 fully saturated rings. The highest BCUT2D eigenvalue weighted by Gasteiger charge is 2.17. The number of pyridine rings is 1. The Labute approximate surface area is 202 Å². The molecule has 1 aliphatic carbocycles. The van der Waals surface area contributed by atoms with Gasteiger partial charge in [-0.2, -0.15) is 9.61 Å². The molecule has 186 valence electrons. The van der Waals surface area contributed by atoms with Gasteiger partial charge in [-0.25, -0.2) is 9.97 Å². The van der Waals surface area contributed by atoms with Gasteiger partial charge < -0.3 is 30.6 Å². The average molecular weight is 482 g/mol. The third-order valence-corrected chi connectivity index (χ3v) is 6.01. The Morgan fingerprint density at radius 1 is 1.37 bits per heavy atom. The van der Waals surface area contributed by atoms with Gasteiger partial charge in [0, 0.05) is 50.2 Å². The number of nitrogens with zero attached hydrogens (tertiary/aromatic N) is 4. The van der Waals surface area contributed by atoms with Crippen LogP contribution in [-0.4, -0.2) is 75.2 Å². The van der Waals surface area contributed by atoms with Crippen LogP contribution in [0.4, 0.5) is 5.82 Å². The molecule has 1 aliphatic heterocycles. The number of H-pyrrole nitrogens is 1. The average Bonchev–Trinajstić information content (AvgIpc) is 3.57. The summed E-state index contributed by atoms with van der Waals surface area (Å²) in [6.45, 7) is 1.28. The first kappa shape index (κ1) is 24.6. The highest BCUT2D eigenvalue weighted by molar-refractivity contribution is 5.99. The highest BCUT2D eigenvalue weighted by atomic mass is 16.5. The lowest BCUT2D eigenvalue weighted by atomic mass is 9.96. The Balaban J connectivity index is 0.000000196. The van der Waals surface area contributed by atoms with Crippen LogP contribution >= 0.6 is 0 Å². The number of aromatic nitrogens is 5. The maximum atomic E-state index is 11.6. The van der Waals surface area contributed by atoms with Gasteiger partial charge in [-0.1, -0.05) is 0 Å². The van der Waals surface area contributed by atoms with Gasteiger partial charge >= 0.3 is 0 Å². The molecule has 5 N–H and O–H groups in total. The smallest absolute Gasteiger partial charge is 0.254 e. The third-order valence-electron chi connectivity index (χ3n) is 6.01. The van der Waals surface area contributed by atoms with Crippen LogP contribution in [0.15, 0.2) is 36.8 Å². The number of nitrogens with one attached hydrogen (secondary N) is 2. The molecule has 0 aromatic carbocycles. The van der Waals surface area contributed by atoms with E-state index in [1.54, 1.807) is 24.9 Å². The minimum absolute atomic E-state index is 0.176. The highest BCUT2D eigenvalue weighted by Crippen LogP contribution is 2.29. The summed E-state index contributed by atoms with van der Waals surface area (Å²) >= 11 is 0. The van der Waals surface area contributed by atoms with Crippen molar-refractivity contribution in [3.8, 4) is 11.3 Å². The number of anilines is 1. The number of aliphatic hydroxyl groups is 1. The molecule has 1 atom stereocenters. The number of amides is 1. The molecule has 5 heterocycles. The van der Waals surface area contributed by atoms with Crippen LogP contribution in [-0.2, 0) is 9.47 Å². The first-order valence-corrected chi connectivity index (χ1v) is 11.6. The number of nitrogens with two attached hydrogens (primary N) is 1. The van der Waals surface area contributed by atoms with Gasteiger partial charge in [-0.15, -0.1) is 0 Å². The summed E-state index contributed by atoms with van der Waals surface area (Å²) in [4.78, 5) is 23.5. The molecule has 1 unspecified atom stereocenters. The number of primary amides is 1. The number of ether oxygens (including phenoxy) is 2. The van der Waals surface area contributed by atoms with E-state index in [0.717, 1.165) is 29.6 Å². The minimum Gasteiger partial charge on any atom is -0.391 e. The standard InChI is InChI=1S/C15H13N7O.C5H10O.C4H8O2/c1-17-12-5-11(9-6-19-14-8(9)3-2-4-18-14)21-15-10(13(16)23)7-20-22(12)15;1-6-5-3-2-4-5;5-4-1-2-6-3-4/h2-7,17H,1H3,(H2,16,23)(H,18,19);5H,2-4H2,1H3;4-5H,1-3H2. The van der Waals surface area contributed by atoms with Crippen molar-refractivity contribution in [3.63, 3.8) is 0 Å². The maximum Gasteiger partial charge on any atom is 0.254 e. The summed E-state index contributed by atoms with van der Waals surface area (Å²) in [7, 11) is 3.56. The van der Waals surface area contributed by atoms with Gasteiger partial charge in [0.2, 0.25) is 0 Å². The molecule has 35 heavy (non-hydrogen) atoms. The SMILES string of the molecule is CNc1cc(-c2c[nH]c3ncccc23)nc2c(C(N)=O)cnn12.COC1CCC1.OC1CCOC1. The monoisotopic (exact) mass is 481 g/mol. The lowest BCUT2D eigenvalue weighted by Gasteiger charge is -2.22. The number of hydrogen-bond donors (Lipinski definition) is 4. The predicted molar refractivity (Wildman–Crippen MR) is 132 cm³/mol. The number of aromatic amines is 1. The van der Waals surface area contributed by atoms with E-state index in [4.69, 9.17) is 20.3 Å². The Morgan fingerprint density at radius 2 is 2.20 bits per heavy atom. The van der Waals surface area contributed by atoms with Gasteiger partial charge in [-0.05, 0) is 37.8 Å². The molecular weight excluding hydrogens is 450 g/mol. The van der Waals surface area contributed by atoms with Crippen LogP contribution in [0, 0.1) is 0 Å². The molecule has 1 saturated carbocycles. The Bertz CT molecular complexity index is 1270. The van der Waals surface area contributed by atoms with E-state index in [0.29, 0.717) is 29.9 Å². The summed E-state index contributed by atoms with van der Waals surface area (Å²) in [5.41, 5.74) is 8.47. The normalized spacial score (nSPS) is 17.3. The third kappa shape index (κ3) is 5.59. The van der Waals surface area contributed by atoms with Crippen molar-refractivity contribution in [1.29, 1.82) is 0 Å². The molecule has 2 aliphatic rings. The summed E-state index contributed by atoms with van der Waals surface area (Å²) in [5.74, 6) is 0.142. The first-order chi connectivity index (χ1) is 17.0. The van der Waals surface area contributed by atoms with Crippen LogP contribution < -0.4 is 11.1 Å². The van der Waals surface area contributed by atoms with Gasteiger partial charge in [0.25, 0.3) is 5.91 Å². The second-order valence-electron chi connectivity index (χ2n) is 8.34. The molecule has 6 rings (SSSR count). The summed E-state index contributed by atoms with van der Waals surface area (Å²) in [6.07, 6.45) is 10.2. The number of aliphatic hydroxyl groups excluding tert-OH is 1. The largest absolute Gasteiger partial charge is 0.391 e. The van der Waals surface area contributed by atoms with Crippen LogP contribution in [0.25, 0.3) is 27.9 Å². The van der Waals surface area contributed by atoms with Crippen LogP contribution in [0.2, 0.25) is 0 Å². The maximum absolute atomic E-state index is 11.6. The zero-order chi connectivity index (χ0) is 24.8. The van der Waals surface area contributed by atoms with Crippen molar-refractivity contribution in [2.75, 3.05) is 32.7 Å². The fraction of sp³-hybridized carbons (Fsp3) is 0.417. The lowest BCUT2D eigenvalue weighted by Crippen LogP contribution is -2.18. The Hall–Kier alpha value is -3.54. The molecule has 11 nitrogen and oxygen atoms in total. The number of rotatable bonds is 4. The summed E-state index contributed by atoms with van der Waals surface area (Å²) < 4.78 is 11.3. The minimum atomic E-state index is -0.563. The van der Waals surface area contributed by atoms with E-state index in [-0.39, 0.29) is 11.7 Å².